The van der Waals surface area contributed by atoms with Crippen LogP contribution in [0.5, 0.6) is 0 Å². The summed E-state index contributed by atoms with van der Waals surface area (Å²) in [5, 5.41) is 4.79. The first-order valence-electron chi connectivity index (χ1n) is 5.66. The highest BCUT2D eigenvalue weighted by Crippen LogP contribution is 2.39. The number of hydrogen-bond acceptors (Lipinski definition) is 2. The Balaban J connectivity index is 2.44. The topological polar surface area (TPSA) is 12.0 Å². The summed E-state index contributed by atoms with van der Waals surface area (Å²) in [6.45, 7) is 2.94. The molecule has 1 atom stereocenters. The lowest BCUT2D eigenvalue weighted by Gasteiger charge is -2.18. The fourth-order valence-corrected chi connectivity index (χ4v) is 4.51. The summed E-state index contributed by atoms with van der Waals surface area (Å²) in [4.78, 5) is 1.20. The molecule has 0 amide bonds. The molecule has 0 saturated carbocycles. The van der Waals surface area contributed by atoms with Crippen LogP contribution in [0.2, 0.25) is 10.0 Å². The Hall–Kier alpha value is 0.420. The average Bonchev–Trinajstić information content (AvgIpc) is 2.67. The Labute approximate surface area is 143 Å². The third kappa shape index (κ3) is 3.74. The zero-order valence-corrected chi connectivity index (χ0v) is 15.5. The minimum atomic E-state index is 0.0716. The van der Waals surface area contributed by atoms with Gasteiger partial charge >= 0.3 is 0 Å². The molecule has 1 N–H and O–H groups in total. The molecule has 102 valence electrons. The van der Waals surface area contributed by atoms with E-state index in [1.54, 1.807) is 17.4 Å². The van der Waals surface area contributed by atoms with Crippen molar-refractivity contribution in [2.45, 2.75) is 13.0 Å². The van der Waals surface area contributed by atoms with Gasteiger partial charge in [-0.1, -0.05) is 36.2 Å². The molecule has 0 radical (unpaired) electrons. The van der Waals surface area contributed by atoms with Crippen LogP contribution in [0.4, 0.5) is 0 Å². The zero-order chi connectivity index (χ0) is 14.0. The molecule has 2 rings (SSSR count). The first-order chi connectivity index (χ1) is 9.02. The molecule has 0 aliphatic heterocycles. The van der Waals surface area contributed by atoms with Crippen molar-refractivity contribution in [3.63, 3.8) is 0 Å². The Kier molecular flexibility index (Phi) is 5.76. The van der Waals surface area contributed by atoms with Gasteiger partial charge in [0.2, 0.25) is 0 Å². The van der Waals surface area contributed by atoms with E-state index in [9.17, 15) is 0 Å². The largest absolute Gasteiger partial charge is 0.306 e. The molecule has 2 aromatic rings. The van der Waals surface area contributed by atoms with Gasteiger partial charge in [0, 0.05) is 19.4 Å². The highest BCUT2D eigenvalue weighted by Gasteiger charge is 2.19. The Morgan fingerprint density at radius 2 is 2.00 bits per heavy atom. The highest BCUT2D eigenvalue weighted by molar-refractivity contribution is 9.13. The standard InChI is InChI=1S/C13H11Br2Cl2NS/c1-2-18-12(11-6-9(14)13(15)19-11)8-4-3-7(16)5-10(8)17/h3-6,12,18H,2H2,1H3. The molecule has 0 aliphatic carbocycles. The molecule has 0 saturated heterocycles. The third-order valence-electron chi connectivity index (χ3n) is 2.63. The van der Waals surface area contributed by atoms with Gasteiger partial charge in [-0.25, -0.2) is 0 Å². The maximum absolute atomic E-state index is 6.31. The second-order valence-electron chi connectivity index (χ2n) is 3.93. The van der Waals surface area contributed by atoms with E-state index in [4.69, 9.17) is 23.2 Å². The number of hydrogen-bond donors (Lipinski definition) is 1. The summed E-state index contributed by atoms with van der Waals surface area (Å²) in [6, 6.07) is 7.79. The number of halogens is 4. The second kappa shape index (κ2) is 6.92. The van der Waals surface area contributed by atoms with Crippen LogP contribution in [0.15, 0.2) is 32.5 Å². The van der Waals surface area contributed by atoms with Gasteiger partial charge in [-0.3, -0.25) is 0 Å². The molecule has 6 heteroatoms. The molecule has 0 aliphatic rings. The average molecular weight is 444 g/mol. The highest BCUT2D eigenvalue weighted by atomic mass is 79.9. The minimum Gasteiger partial charge on any atom is -0.306 e. The van der Waals surface area contributed by atoms with Gasteiger partial charge in [0.15, 0.2) is 0 Å². The van der Waals surface area contributed by atoms with E-state index >= 15 is 0 Å². The number of benzene rings is 1. The van der Waals surface area contributed by atoms with Gasteiger partial charge in [-0.15, -0.1) is 11.3 Å². The molecular weight excluding hydrogens is 433 g/mol. The normalized spacial score (nSPS) is 12.7. The minimum absolute atomic E-state index is 0.0716. The SMILES string of the molecule is CCNC(c1cc(Br)c(Br)s1)c1ccc(Cl)cc1Cl. The summed E-state index contributed by atoms with van der Waals surface area (Å²) in [5.41, 5.74) is 1.04. The van der Waals surface area contributed by atoms with E-state index in [-0.39, 0.29) is 6.04 Å². The lowest BCUT2D eigenvalue weighted by atomic mass is 10.1. The summed E-state index contributed by atoms with van der Waals surface area (Å²) in [5.74, 6) is 0. The van der Waals surface area contributed by atoms with Gasteiger partial charge in [-0.05, 0) is 62.2 Å². The number of nitrogens with one attached hydrogen (secondary N) is 1. The van der Waals surface area contributed by atoms with E-state index in [0.29, 0.717) is 10.0 Å². The van der Waals surface area contributed by atoms with E-state index < -0.39 is 0 Å². The first kappa shape index (κ1) is 15.8. The molecule has 1 aromatic heterocycles. The van der Waals surface area contributed by atoms with Crippen molar-refractivity contribution in [1.82, 2.24) is 5.32 Å². The smallest absolute Gasteiger partial charge is 0.0843 e. The fourth-order valence-electron chi connectivity index (χ4n) is 1.81. The molecule has 1 heterocycles. The predicted octanol–water partition coefficient (Wildman–Crippen LogP) is 6.28. The van der Waals surface area contributed by atoms with Gasteiger partial charge in [0.1, 0.15) is 0 Å². The zero-order valence-electron chi connectivity index (χ0n) is 10.0. The van der Waals surface area contributed by atoms with Crippen molar-refractivity contribution < 1.29 is 0 Å². The van der Waals surface area contributed by atoms with E-state index in [1.165, 1.54) is 4.88 Å². The van der Waals surface area contributed by atoms with Crippen LogP contribution >= 0.6 is 66.4 Å². The van der Waals surface area contributed by atoms with Gasteiger partial charge in [0.25, 0.3) is 0 Å². The summed E-state index contributed by atoms with van der Waals surface area (Å²) < 4.78 is 2.14. The fraction of sp³-hybridized carbons (Fsp3) is 0.231. The predicted molar refractivity (Wildman–Crippen MR) is 91.7 cm³/mol. The van der Waals surface area contributed by atoms with Crippen LogP contribution < -0.4 is 5.32 Å². The van der Waals surface area contributed by atoms with Crippen molar-refractivity contribution in [2.24, 2.45) is 0 Å². The molecule has 1 unspecified atom stereocenters. The van der Waals surface area contributed by atoms with Crippen LogP contribution in [0, 0.1) is 0 Å². The van der Waals surface area contributed by atoms with Gasteiger partial charge in [0.05, 0.1) is 9.83 Å². The Morgan fingerprint density at radius 3 is 2.53 bits per heavy atom. The van der Waals surface area contributed by atoms with Crippen LogP contribution in [0.3, 0.4) is 0 Å². The third-order valence-corrected chi connectivity index (χ3v) is 6.51. The summed E-state index contributed by atoms with van der Waals surface area (Å²) >= 11 is 21.0. The maximum Gasteiger partial charge on any atom is 0.0843 e. The molecule has 1 nitrogen and oxygen atoms in total. The van der Waals surface area contributed by atoms with Crippen molar-refractivity contribution in [2.75, 3.05) is 6.54 Å². The lowest BCUT2D eigenvalue weighted by molar-refractivity contribution is 0.640. The van der Waals surface area contributed by atoms with Crippen molar-refractivity contribution in [3.8, 4) is 0 Å². The summed E-state index contributed by atoms with van der Waals surface area (Å²) in [6.07, 6.45) is 0. The van der Waals surface area contributed by atoms with E-state index in [1.807, 2.05) is 12.1 Å². The second-order valence-corrected chi connectivity index (χ2v) is 8.03. The quantitative estimate of drug-likeness (QED) is 0.586. The molecule has 19 heavy (non-hydrogen) atoms. The molecule has 0 fully saturated rings. The Morgan fingerprint density at radius 1 is 1.26 bits per heavy atom. The van der Waals surface area contributed by atoms with Gasteiger partial charge < -0.3 is 5.32 Å². The maximum atomic E-state index is 6.31. The van der Waals surface area contributed by atoms with Crippen molar-refractivity contribution in [1.29, 1.82) is 0 Å². The van der Waals surface area contributed by atoms with Crippen molar-refractivity contribution in [3.05, 3.63) is 53.0 Å². The Bertz CT molecular complexity index is 567. The molecule has 1 aromatic carbocycles. The lowest BCUT2D eigenvalue weighted by Crippen LogP contribution is -2.21. The number of thiophene rings is 1. The van der Waals surface area contributed by atoms with Crippen LogP contribution in [0.25, 0.3) is 0 Å². The first-order valence-corrected chi connectivity index (χ1v) is 8.81. The molecule has 0 spiro atoms. The molecular formula is C13H11Br2Cl2NS. The summed E-state index contributed by atoms with van der Waals surface area (Å²) in [7, 11) is 0. The molecule has 0 bridgehead atoms. The van der Waals surface area contributed by atoms with E-state index in [2.05, 4.69) is 50.2 Å². The van der Waals surface area contributed by atoms with Crippen LogP contribution in [-0.2, 0) is 0 Å². The van der Waals surface area contributed by atoms with E-state index in [0.717, 1.165) is 20.4 Å². The monoisotopic (exact) mass is 441 g/mol. The van der Waals surface area contributed by atoms with Crippen LogP contribution in [0.1, 0.15) is 23.4 Å². The van der Waals surface area contributed by atoms with Crippen molar-refractivity contribution >= 4 is 66.4 Å². The van der Waals surface area contributed by atoms with Gasteiger partial charge in [-0.2, -0.15) is 0 Å². The number of rotatable bonds is 4. The van der Waals surface area contributed by atoms with Crippen LogP contribution in [-0.4, -0.2) is 6.54 Å².